The molecule has 1 aliphatic heterocycles. The van der Waals surface area contributed by atoms with Crippen molar-refractivity contribution in [2.45, 2.75) is 30.0 Å². The largest absolute Gasteiger partial charge is 0.352 e. The van der Waals surface area contributed by atoms with Crippen molar-refractivity contribution in [3.05, 3.63) is 29.8 Å². The molecule has 1 saturated heterocycles. The highest BCUT2D eigenvalue weighted by Gasteiger charge is 2.40. The van der Waals surface area contributed by atoms with Crippen molar-refractivity contribution in [2.75, 3.05) is 32.9 Å². The number of sulfonamides is 1. The third-order valence-electron chi connectivity index (χ3n) is 4.51. The molecule has 154 valence electrons. The Kier molecular flexibility index (Phi) is 8.09. The zero-order valence-electron chi connectivity index (χ0n) is 15.9. The molecule has 1 aromatic rings. The van der Waals surface area contributed by atoms with Crippen molar-refractivity contribution >= 4 is 49.8 Å². The highest BCUT2D eigenvalue weighted by molar-refractivity contribution is 14.0. The molecule has 0 amide bonds. The molecule has 0 aliphatic carbocycles. The van der Waals surface area contributed by atoms with E-state index in [1.165, 1.54) is 7.05 Å². The summed E-state index contributed by atoms with van der Waals surface area (Å²) in [6.07, 6.45) is 0. The Morgan fingerprint density at radius 1 is 1.26 bits per heavy atom. The molecule has 0 unspecified atom stereocenters. The molecule has 0 bridgehead atoms. The highest BCUT2D eigenvalue weighted by atomic mass is 127. The van der Waals surface area contributed by atoms with Crippen LogP contribution in [0.4, 0.5) is 0 Å². The summed E-state index contributed by atoms with van der Waals surface area (Å²) < 4.78 is 49.2. The average molecular weight is 530 g/mol. The van der Waals surface area contributed by atoms with Crippen LogP contribution >= 0.6 is 24.0 Å². The van der Waals surface area contributed by atoms with Crippen LogP contribution in [0.2, 0.25) is 0 Å². The SMILES string of the molecule is CN=C(NCc1ccc(S(=O)(=O)NC)cc1)N1CCS(=O)(=O)C(C)(C)C1.I. The van der Waals surface area contributed by atoms with Crippen molar-refractivity contribution in [1.82, 2.24) is 14.9 Å². The molecule has 1 fully saturated rings. The van der Waals surface area contributed by atoms with Gasteiger partial charge in [0.05, 0.1) is 15.4 Å². The second-order valence-corrected chi connectivity index (χ2v) is 11.4. The molecule has 0 aromatic heterocycles. The first-order chi connectivity index (χ1) is 12.0. The number of aliphatic imine (C=N–C) groups is 1. The maximum absolute atomic E-state index is 12.1. The van der Waals surface area contributed by atoms with Crippen molar-refractivity contribution in [2.24, 2.45) is 4.99 Å². The number of nitrogens with one attached hydrogen (secondary N) is 2. The van der Waals surface area contributed by atoms with Crippen molar-refractivity contribution in [3.8, 4) is 0 Å². The number of hydrogen-bond donors (Lipinski definition) is 2. The van der Waals surface area contributed by atoms with Crippen LogP contribution in [-0.2, 0) is 26.4 Å². The van der Waals surface area contributed by atoms with E-state index < -0.39 is 24.6 Å². The lowest BCUT2D eigenvalue weighted by molar-refractivity contribution is 0.353. The van der Waals surface area contributed by atoms with Gasteiger partial charge < -0.3 is 10.2 Å². The van der Waals surface area contributed by atoms with Gasteiger partial charge in [0.1, 0.15) is 0 Å². The summed E-state index contributed by atoms with van der Waals surface area (Å²) in [6, 6.07) is 6.55. The lowest BCUT2D eigenvalue weighted by atomic mass is 10.2. The Morgan fingerprint density at radius 3 is 2.33 bits per heavy atom. The standard InChI is InChI=1S/C16H26N4O4S2.HI/c1-16(2)12-20(9-10-25(16,21)22)15(17-3)19-11-13-5-7-14(8-6-13)26(23,24)18-4;/h5-8,18H,9-12H2,1-4H3,(H,17,19);1H. The van der Waals surface area contributed by atoms with Crippen LogP contribution in [0, 0.1) is 0 Å². The van der Waals surface area contributed by atoms with Gasteiger partial charge in [-0.1, -0.05) is 12.1 Å². The Bertz CT molecular complexity index is 882. The van der Waals surface area contributed by atoms with Gasteiger partial charge in [0.15, 0.2) is 15.8 Å². The molecule has 1 aromatic carbocycles. The van der Waals surface area contributed by atoms with E-state index in [1.54, 1.807) is 45.2 Å². The first-order valence-electron chi connectivity index (χ1n) is 8.23. The number of guanidine groups is 1. The molecule has 11 heteroatoms. The number of halogens is 1. The van der Waals surface area contributed by atoms with Gasteiger partial charge in [-0.05, 0) is 38.6 Å². The van der Waals surface area contributed by atoms with E-state index in [1.807, 2.05) is 4.90 Å². The fraction of sp³-hybridized carbons (Fsp3) is 0.562. The van der Waals surface area contributed by atoms with Crippen molar-refractivity contribution in [3.63, 3.8) is 0 Å². The number of rotatable bonds is 4. The van der Waals surface area contributed by atoms with Gasteiger partial charge in [0.25, 0.3) is 0 Å². The van der Waals surface area contributed by atoms with Crippen LogP contribution in [0.1, 0.15) is 19.4 Å². The fourth-order valence-corrected chi connectivity index (χ4v) is 4.84. The zero-order valence-corrected chi connectivity index (χ0v) is 19.9. The maximum atomic E-state index is 12.1. The highest BCUT2D eigenvalue weighted by Crippen LogP contribution is 2.23. The molecule has 0 radical (unpaired) electrons. The Hall–Kier alpha value is -0.920. The smallest absolute Gasteiger partial charge is 0.240 e. The van der Waals surface area contributed by atoms with E-state index in [4.69, 9.17) is 0 Å². The van der Waals surface area contributed by atoms with Crippen molar-refractivity contribution in [1.29, 1.82) is 0 Å². The first kappa shape index (κ1) is 24.1. The third-order valence-corrected chi connectivity index (χ3v) is 8.47. The predicted molar refractivity (Wildman–Crippen MR) is 118 cm³/mol. The average Bonchev–Trinajstić information content (AvgIpc) is 2.59. The van der Waals surface area contributed by atoms with Crippen LogP contribution in [-0.4, -0.2) is 65.4 Å². The topological polar surface area (TPSA) is 108 Å². The van der Waals surface area contributed by atoms with Gasteiger partial charge in [-0.3, -0.25) is 4.99 Å². The van der Waals surface area contributed by atoms with Crippen LogP contribution < -0.4 is 10.0 Å². The summed E-state index contributed by atoms with van der Waals surface area (Å²) in [5.74, 6) is 0.719. The van der Waals surface area contributed by atoms with E-state index >= 15 is 0 Å². The minimum absolute atomic E-state index is 0. The normalized spacial score (nSPS) is 19.3. The Labute approximate surface area is 178 Å². The minimum Gasteiger partial charge on any atom is -0.352 e. The second kappa shape index (κ2) is 9.05. The lowest BCUT2D eigenvalue weighted by Crippen LogP contribution is -2.57. The van der Waals surface area contributed by atoms with Crippen LogP contribution in [0.15, 0.2) is 34.2 Å². The molecule has 0 saturated carbocycles. The van der Waals surface area contributed by atoms with E-state index in [9.17, 15) is 16.8 Å². The van der Waals surface area contributed by atoms with Crippen LogP contribution in [0.25, 0.3) is 0 Å². The summed E-state index contributed by atoms with van der Waals surface area (Å²) in [5, 5.41) is 3.21. The monoisotopic (exact) mass is 530 g/mol. The molecule has 27 heavy (non-hydrogen) atoms. The Morgan fingerprint density at radius 2 is 1.85 bits per heavy atom. The van der Waals surface area contributed by atoms with Gasteiger partial charge in [0.2, 0.25) is 10.0 Å². The second-order valence-electron chi connectivity index (χ2n) is 6.75. The molecule has 2 rings (SSSR count). The number of sulfone groups is 1. The van der Waals surface area contributed by atoms with E-state index in [-0.39, 0.29) is 34.6 Å². The molecule has 1 aliphatic rings. The molecule has 1 heterocycles. The van der Waals surface area contributed by atoms with Gasteiger partial charge >= 0.3 is 0 Å². The summed E-state index contributed by atoms with van der Waals surface area (Å²) in [7, 11) is -3.54. The molecular formula is C16H27IN4O4S2. The zero-order chi connectivity index (χ0) is 19.6. The predicted octanol–water partition coefficient (Wildman–Crippen LogP) is 0.797. The lowest BCUT2D eigenvalue weighted by Gasteiger charge is -2.39. The van der Waals surface area contributed by atoms with Gasteiger partial charge in [-0.15, -0.1) is 24.0 Å². The van der Waals surface area contributed by atoms with Crippen LogP contribution in [0.3, 0.4) is 0 Å². The molecule has 8 nitrogen and oxygen atoms in total. The maximum Gasteiger partial charge on any atom is 0.240 e. The van der Waals surface area contributed by atoms with E-state index in [0.29, 0.717) is 25.6 Å². The third kappa shape index (κ3) is 5.55. The minimum atomic E-state index is -3.45. The molecule has 0 atom stereocenters. The van der Waals surface area contributed by atoms with Gasteiger partial charge in [0, 0.05) is 26.7 Å². The number of nitrogens with zero attached hydrogens (tertiary/aromatic N) is 2. The molecule has 0 spiro atoms. The fourth-order valence-electron chi connectivity index (χ4n) is 2.74. The summed E-state index contributed by atoms with van der Waals surface area (Å²) >= 11 is 0. The van der Waals surface area contributed by atoms with Gasteiger partial charge in [-0.25, -0.2) is 21.6 Å². The molecule has 2 N–H and O–H groups in total. The summed E-state index contributed by atoms with van der Waals surface area (Å²) in [6.45, 7) is 4.67. The van der Waals surface area contributed by atoms with E-state index in [0.717, 1.165) is 5.56 Å². The number of hydrogen-bond acceptors (Lipinski definition) is 5. The summed E-state index contributed by atoms with van der Waals surface area (Å²) in [4.78, 5) is 6.38. The van der Waals surface area contributed by atoms with Crippen molar-refractivity contribution < 1.29 is 16.8 Å². The van der Waals surface area contributed by atoms with E-state index in [2.05, 4.69) is 15.0 Å². The Balaban J connectivity index is 0.00000364. The van der Waals surface area contributed by atoms with Gasteiger partial charge in [-0.2, -0.15) is 0 Å². The first-order valence-corrected chi connectivity index (χ1v) is 11.4. The van der Waals surface area contributed by atoms with Crippen LogP contribution in [0.5, 0.6) is 0 Å². The quantitative estimate of drug-likeness (QED) is 0.339. The number of benzene rings is 1. The molecular weight excluding hydrogens is 503 g/mol. The summed E-state index contributed by atoms with van der Waals surface area (Å²) in [5.41, 5.74) is 0.894.